The van der Waals surface area contributed by atoms with Crippen LogP contribution in [0.1, 0.15) is 24.5 Å². The summed E-state index contributed by atoms with van der Waals surface area (Å²) >= 11 is 7.98. The van der Waals surface area contributed by atoms with Gasteiger partial charge in [0, 0.05) is 34.1 Å². The normalized spacial score (nSPS) is 11.4. The summed E-state index contributed by atoms with van der Waals surface area (Å²) in [5.74, 6) is 0. The van der Waals surface area contributed by atoms with Crippen LogP contribution in [0.5, 0.6) is 0 Å². The third-order valence-corrected chi connectivity index (χ3v) is 5.91. The predicted molar refractivity (Wildman–Crippen MR) is 116 cm³/mol. The quantitative estimate of drug-likeness (QED) is 0.286. The Morgan fingerprint density at radius 2 is 1.93 bits per heavy atom. The fourth-order valence-electron chi connectivity index (χ4n) is 2.89. The topological polar surface area (TPSA) is 81.2 Å². The highest BCUT2D eigenvalue weighted by Crippen LogP contribution is 2.31. The van der Waals surface area contributed by atoms with Crippen LogP contribution in [0.4, 0.5) is 0 Å². The lowest BCUT2D eigenvalue weighted by Crippen LogP contribution is -2.13. The molecule has 0 radical (unpaired) electrons. The van der Waals surface area contributed by atoms with Crippen molar-refractivity contribution in [1.82, 2.24) is 9.55 Å². The summed E-state index contributed by atoms with van der Waals surface area (Å²) in [5.41, 5.74) is 2.76. The Hall–Kier alpha value is -2.51. The van der Waals surface area contributed by atoms with Crippen molar-refractivity contribution >= 4 is 23.4 Å². The van der Waals surface area contributed by atoms with Crippen LogP contribution in [-0.4, -0.2) is 25.1 Å². The van der Waals surface area contributed by atoms with Crippen LogP contribution in [0, 0.1) is 10.1 Å². The lowest BCUT2D eigenvalue weighted by atomic mass is 10.1. The Morgan fingerprint density at radius 1 is 1.24 bits per heavy atom. The Morgan fingerprint density at radius 3 is 2.55 bits per heavy atom. The molecule has 1 heterocycles. The van der Waals surface area contributed by atoms with Crippen LogP contribution < -0.4 is 0 Å². The highest BCUT2D eigenvalue weighted by atomic mass is 35.5. The molecule has 154 valence electrons. The van der Waals surface area contributed by atoms with E-state index in [1.807, 2.05) is 42.6 Å². The van der Waals surface area contributed by atoms with E-state index in [2.05, 4.69) is 52.9 Å². The fraction of sp³-hybridized carbons (Fsp3) is 0.286. The van der Waals surface area contributed by atoms with Crippen LogP contribution in [0.25, 0.3) is 0 Å². The van der Waals surface area contributed by atoms with Gasteiger partial charge in [-0.05, 0) is 48.6 Å². The molecule has 29 heavy (non-hydrogen) atoms. The summed E-state index contributed by atoms with van der Waals surface area (Å²) in [6.07, 6.45) is 9.03. The van der Waals surface area contributed by atoms with Crippen LogP contribution in [0.15, 0.2) is 72.1 Å². The molecule has 0 aliphatic rings. The summed E-state index contributed by atoms with van der Waals surface area (Å²) in [4.78, 5) is 13.9. The number of aromatic nitrogens is 2. The molecule has 0 aliphatic heterocycles. The van der Waals surface area contributed by atoms with Gasteiger partial charge in [-0.3, -0.25) is 0 Å². The van der Waals surface area contributed by atoms with Gasteiger partial charge in [-0.15, -0.1) is 21.9 Å². The molecule has 0 spiro atoms. The maximum Gasteiger partial charge on any atom is 0.291 e. The zero-order chi connectivity index (χ0) is 21.1. The number of halogens is 1. The van der Waals surface area contributed by atoms with Crippen molar-refractivity contribution in [2.75, 3.05) is 0 Å². The lowest BCUT2D eigenvalue weighted by molar-refractivity contribution is -0.742. The first-order valence-electron chi connectivity index (χ1n) is 9.26. The Kier molecular flexibility index (Phi) is 9.53. The van der Waals surface area contributed by atoms with Crippen molar-refractivity contribution in [3.8, 4) is 0 Å². The van der Waals surface area contributed by atoms with Gasteiger partial charge in [-0.1, -0.05) is 48.9 Å². The first-order chi connectivity index (χ1) is 14.0. The second-order valence-electron chi connectivity index (χ2n) is 6.36. The minimum Gasteiger partial charge on any atom is -0.336 e. The third-order valence-electron chi connectivity index (χ3n) is 4.29. The molecule has 1 unspecified atom stereocenters. The van der Waals surface area contributed by atoms with Crippen LogP contribution in [-0.2, 0) is 19.4 Å². The molecular weight excluding hydrogens is 410 g/mol. The van der Waals surface area contributed by atoms with Gasteiger partial charge >= 0.3 is 0 Å². The molecule has 0 fully saturated rings. The van der Waals surface area contributed by atoms with Gasteiger partial charge < -0.3 is 9.77 Å². The standard InChI is InChI=1S/C21H23ClN2S.HNO3/c1-2-18-5-3-4-6-21(18)25-20(15-24-14-13-23-16-24)12-9-17-7-10-19(22)11-8-17;2-1(3)4/h3-8,10-11,13-14,16,20H,2,9,12,15H2,1H3;(H,2,3,4). The summed E-state index contributed by atoms with van der Waals surface area (Å²) < 4.78 is 2.17. The van der Waals surface area contributed by atoms with E-state index in [1.54, 1.807) is 0 Å². The zero-order valence-electron chi connectivity index (χ0n) is 16.1. The number of benzene rings is 2. The first kappa shape index (κ1) is 22.8. The molecule has 1 N–H and O–H groups in total. The van der Waals surface area contributed by atoms with Crippen molar-refractivity contribution in [2.24, 2.45) is 0 Å². The molecule has 1 atom stereocenters. The number of imidazole rings is 1. The number of hydrogen-bond acceptors (Lipinski definition) is 4. The maximum absolute atomic E-state index is 8.36. The SMILES string of the molecule is CCc1ccccc1SC(CCc1ccc(Cl)cc1)Cn1ccnc1.O=[N+]([O-])O. The smallest absolute Gasteiger partial charge is 0.291 e. The lowest BCUT2D eigenvalue weighted by Gasteiger charge is -2.19. The number of rotatable bonds is 8. The molecule has 0 saturated heterocycles. The molecule has 3 aromatic rings. The van der Waals surface area contributed by atoms with E-state index in [9.17, 15) is 0 Å². The van der Waals surface area contributed by atoms with E-state index >= 15 is 0 Å². The van der Waals surface area contributed by atoms with Gasteiger partial charge in [0.25, 0.3) is 5.09 Å². The van der Waals surface area contributed by atoms with Crippen LogP contribution in [0.2, 0.25) is 5.02 Å². The second-order valence-corrected chi connectivity index (χ2v) is 8.14. The number of nitrogens with zero attached hydrogens (tertiary/aromatic N) is 3. The molecule has 6 nitrogen and oxygen atoms in total. The van der Waals surface area contributed by atoms with E-state index in [4.69, 9.17) is 26.9 Å². The van der Waals surface area contributed by atoms with Gasteiger partial charge in [0.15, 0.2) is 0 Å². The minimum absolute atomic E-state index is 0.498. The molecule has 1 aromatic heterocycles. The third kappa shape index (κ3) is 8.58. The van der Waals surface area contributed by atoms with Gasteiger partial charge in [0.05, 0.1) is 6.33 Å². The van der Waals surface area contributed by atoms with E-state index < -0.39 is 5.09 Å². The second kappa shape index (κ2) is 12.1. The Labute approximate surface area is 179 Å². The van der Waals surface area contributed by atoms with Gasteiger partial charge in [-0.25, -0.2) is 4.98 Å². The van der Waals surface area contributed by atoms with E-state index in [1.165, 1.54) is 16.0 Å². The van der Waals surface area contributed by atoms with E-state index in [-0.39, 0.29) is 0 Å². The molecule has 0 aliphatic carbocycles. The summed E-state index contributed by atoms with van der Waals surface area (Å²) in [6.45, 7) is 3.19. The highest BCUT2D eigenvalue weighted by molar-refractivity contribution is 8.00. The van der Waals surface area contributed by atoms with Crippen molar-refractivity contribution in [3.05, 3.63) is 93.5 Å². The van der Waals surface area contributed by atoms with Crippen LogP contribution >= 0.6 is 23.4 Å². The number of hydrogen-bond donors (Lipinski definition) is 1. The largest absolute Gasteiger partial charge is 0.336 e. The molecule has 2 aromatic carbocycles. The van der Waals surface area contributed by atoms with Gasteiger partial charge in [0.2, 0.25) is 0 Å². The predicted octanol–water partition coefficient (Wildman–Crippen LogP) is 5.54. The van der Waals surface area contributed by atoms with Crippen molar-refractivity contribution in [3.63, 3.8) is 0 Å². The molecule has 3 rings (SSSR count). The summed E-state index contributed by atoms with van der Waals surface area (Å²) in [6, 6.07) is 16.9. The van der Waals surface area contributed by atoms with Crippen LogP contribution in [0.3, 0.4) is 0 Å². The van der Waals surface area contributed by atoms with Gasteiger partial charge in [0.1, 0.15) is 0 Å². The zero-order valence-corrected chi connectivity index (χ0v) is 17.7. The minimum atomic E-state index is -1.50. The van der Waals surface area contributed by atoms with Gasteiger partial charge in [-0.2, -0.15) is 0 Å². The van der Waals surface area contributed by atoms with E-state index in [0.29, 0.717) is 5.25 Å². The van der Waals surface area contributed by atoms with Crippen molar-refractivity contribution in [1.29, 1.82) is 0 Å². The monoisotopic (exact) mass is 433 g/mol. The summed E-state index contributed by atoms with van der Waals surface area (Å²) in [5, 5.41) is 14.9. The molecule has 0 amide bonds. The number of aryl methyl sites for hydroxylation is 2. The number of thioether (sulfide) groups is 1. The van der Waals surface area contributed by atoms with Crippen molar-refractivity contribution < 1.29 is 10.3 Å². The maximum atomic E-state index is 8.36. The highest BCUT2D eigenvalue weighted by Gasteiger charge is 2.14. The Balaban J connectivity index is 0.000000687. The Bertz CT molecular complexity index is 869. The first-order valence-corrected chi connectivity index (χ1v) is 10.5. The average Bonchev–Trinajstić information content (AvgIpc) is 3.20. The molecular formula is C21H24ClN3O3S. The van der Waals surface area contributed by atoms with Crippen molar-refractivity contribution in [2.45, 2.75) is 42.9 Å². The summed E-state index contributed by atoms with van der Waals surface area (Å²) in [7, 11) is 0. The molecule has 0 saturated carbocycles. The molecule has 8 heteroatoms. The fourth-order valence-corrected chi connectivity index (χ4v) is 4.37. The van der Waals surface area contributed by atoms with E-state index in [0.717, 1.165) is 30.8 Å². The molecule has 0 bridgehead atoms. The average molecular weight is 434 g/mol.